The molecule has 1 unspecified atom stereocenters. The third kappa shape index (κ3) is 7.33. The number of sulfone groups is 1. The molecule has 0 aliphatic rings. The third-order valence-electron chi connectivity index (χ3n) is 4.39. The second-order valence-corrected chi connectivity index (χ2v) is 9.27. The minimum atomic E-state index is -3.27. The van der Waals surface area contributed by atoms with Gasteiger partial charge < -0.3 is 10.6 Å². The second-order valence-electron chi connectivity index (χ2n) is 6.61. The number of hydrogen-bond acceptors (Lipinski definition) is 4. The van der Waals surface area contributed by atoms with Gasteiger partial charge in [-0.3, -0.25) is 9.59 Å². The van der Waals surface area contributed by atoms with Crippen molar-refractivity contribution in [1.82, 2.24) is 10.6 Å². The molecule has 1 aromatic rings. The smallest absolute Gasteiger partial charge is 0.253 e. The molecule has 146 valence electrons. The van der Waals surface area contributed by atoms with E-state index in [0.717, 1.165) is 12.7 Å². The van der Waals surface area contributed by atoms with Crippen LogP contribution in [0.15, 0.2) is 24.3 Å². The minimum Gasteiger partial charge on any atom is -0.352 e. The molecule has 0 saturated carbocycles. The molecule has 3 atom stereocenters. The fourth-order valence-corrected chi connectivity index (χ4v) is 3.19. The summed E-state index contributed by atoms with van der Waals surface area (Å²) in [7, 11) is -3.27. The maximum atomic E-state index is 12.6. The van der Waals surface area contributed by atoms with E-state index in [1.54, 1.807) is 24.3 Å². The van der Waals surface area contributed by atoms with Crippen LogP contribution in [0.2, 0.25) is 5.02 Å². The monoisotopic (exact) mass is 402 g/mol. The van der Waals surface area contributed by atoms with Gasteiger partial charge in [0.2, 0.25) is 5.91 Å². The van der Waals surface area contributed by atoms with Crippen molar-refractivity contribution in [2.24, 2.45) is 5.92 Å². The van der Waals surface area contributed by atoms with Crippen LogP contribution in [0.4, 0.5) is 0 Å². The quantitative estimate of drug-likeness (QED) is 0.663. The van der Waals surface area contributed by atoms with Crippen molar-refractivity contribution in [3.05, 3.63) is 34.9 Å². The van der Waals surface area contributed by atoms with Crippen molar-refractivity contribution < 1.29 is 18.0 Å². The van der Waals surface area contributed by atoms with Crippen LogP contribution in [0.1, 0.15) is 44.0 Å². The van der Waals surface area contributed by atoms with E-state index in [1.807, 2.05) is 20.8 Å². The van der Waals surface area contributed by atoms with Gasteiger partial charge in [-0.2, -0.15) is 0 Å². The molecule has 2 amide bonds. The van der Waals surface area contributed by atoms with Crippen molar-refractivity contribution in [2.45, 2.75) is 45.7 Å². The Morgan fingerprint density at radius 1 is 1.15 bits per heavy atom. The summed E-state index contributed by atoms with van der Waals surface area (Å²) in [5, 5.41) is 5.73. The summed E-state index contributed by atoms with van der Waals surface area (Å²) in [5.41, 5.74) is 0.237. The molecule has 0 aliphatic heterocycles. The van der Waals surface area contributed by atoms with Gasteiger partial charge in [-0.15, -0.1) is 0 Å². The van der Waals surface area contributed by atoms with Crippen molar-refractivity contribution >= 4 is 33.3 Å². The van der Waals surface area contributed by atoms with Gasteiger partial charge in [-0.05, 0) is 31.4 Å². The first-order chi connectivity index (χ1) is 12.0. The molecule has 8 heteroatoms. The Kier molecular flexibility index (Phi) is 8.56. The molecule has 0 heterocycles. The highest BCUT2D eigenvalue weighted by atomic mass is 35.5. The van der Waals surface area contributed by atoms with E-state index in [-0.39, 0.29) is 34.7 Å². The van der Waals surface area contributed by atoms with Crippen LogP contribution in [-0.2, 0) is 14.6 Å². The van der Waals surface area contributed by atoms with Gasteiger partial charge in [-0.1, -0.05) is 44.0 Å². The van der Waals surface area contributed by atoms with E-state index >= 15 is 0 Å². The van der Waals surface area contributed by atoms with Crippen LogP contribution in [0, 0.1) is 5.92 Å². The maximum Gasteiger partial charge on any atom is 0.253 e. The lowest BCUT2D eigenvalue weighted by atomic mass is 10.0. The normalized spacial score (nSPS) is 15.0. The van der Waals surface area contributed by atoms with Gasteiger partial charge in [0.15, 0.2) is 0 Å². The largest absolute Gasteiger partial charge is 0.352 e. The van der Waals surface area contributed by atoms with E-state index in [1.165, 1.54) is 0 Å². The van der Waals surface area contributed by atoms with Crippen molar-refractivity contribution in [2.75, 3.05) is 12.0 Å². The van der Waals surface area contributed by atoms with Gasteiger partial charge in [0.05, 0.1) is 16.3 Å². The number of carbonyl (C=O) groups is 2. The van der Waals surface area contributed by atoms with Crippen molar-refractivity contribution in [1.29, 1.82) is 0 Å². The highest BCUT2D eigenvalue weighted by molar-refractivity contribution is 7.90. The van der Waals surface area contributed by atoms with E-state index < -0.39 is 27.7 Å². The van der Waals surface area contributed by atoms with Gasteiger partial charge in [0, 0.05) is 12.3 Å². The lowest BCUT2D eigenvalue weighted by Gasteiger charge is -2.24. The number of halogens is 1. The molecule has 1 rings (SSSR count). The first kappa shape index (κ1) is 22.4. The second kappa shape index (κ2) is 9.92. The molecular formula is C18H27ClN2O4S. The Morgan fingerprint density at radius 2 is 1.77 bits per heavy atom. The SMILES string of the molecule is CC[C@H](C)[C@@H](C)NC(=O)C(CCS(C)(=O)=O)NC(=O)c1ccccc1Cl. The van der Waals surface area contributed by atoms with Crippen molar-refractivity contribution in [3.8, 4) is 0 Å². The summed E-state index contributed by atoms with van der Waals surface area (Å²) in [6, 6.07) is 5.43. The summed E-state index contributed by atoms with van der Waals surface area (Å²) in [5.74, 6) is -0.859. The topological polar surface area (TPSA) is 92.3 Å². The Balaban J connectivity index is 2.92. The number of amides is 2. The summed E-state index contributed by atoms with van der Waals surface area (Å²) < 4.78 is 23.0. The van der Waals surface area contributed by atoms with Gasteiger partial charge >= 0.3 is 0 Å². The molecular weight excluding hydrogens is 376 g/mol. The van der Waals surface area contributed by atoms with E-state index in [4.69, 9.17) is 11.6 Å². The van der Waals surface area contributed by atoms with Crippen LogP contribution in [0.5, 0.6) is 0 Å². The average Bonchev–Trinajstić information content (AvgIpc) is 2.56. The van der Waals surface area contributed by atoms with Crippen LogP contribution >= 0.6 is 11.6 Å². The highest BCUT2D eigenvalue weighted by Gasteiger charge is 2.25. The molecule has 26 heavy (non-hydrogen) atoms. The molecule has 0 bridgehead atoms. The van der Waals surface area contributed by atoms with Crippen LogP contribution in [-0.4, -0.2) is 44.3 Å². The number of benzene rings is 1. The predicted molar refractivity (Wildman–Crippen MR) is 104 cm³/mol. The first-order valence-corrected chi connectivity index (χ1v) is 11.0. The zero-order valence-corrected chi connectivity index (χ0v) is 17.2. The van der Waals surface area contributed by atoms with Gasteiger partial charge in [0.1, 0.15) is 15.9 Å². The highest BCUT2D eigenvalue weighted by Crippen LogP contribution is 2.15. The average molecular weight is 403 g/mol. The molecule has 0 aliphatic carbocycles. The standard InChI is InChI=1S/C18H27ClN2O4S/c1-5-12(2)13(3)20-18(23)16(10-11-26(4,24)25)21-17(22)14-8-6-7-9-15(14)19/h6-9,12-13,16H,5,10-11H2,1-4H3,(H,20,23)(H,21,22)/t12-,13+,16?/m0/s1. The molecule has 0 saturated heterocycles. The number of nitrogens with one attached hydrogen (secondary N) is 2. The fraction of sp³-hybridized carbons (Fsp3) is 0.556. The van der Waals surface area contributed by atoms with Gasteiger partial charge in [0.25, 0.3) is 5.91 Å². The summed E-state index contributed by atoms with van der Waals surface area (Å²) in [4.78, 5) is 25.0. The Labute approximate surface area is 160 Å². The number of hydrogen-bond donors (Lipinski definition) is 2. The van der Waals surface area contributed by atoms with Crippen LogP contribution in [0.25, 0.3) is 0 Å². The molecule has 0 fully saturated rings. The molecule has 0 aromatic heterocycles. The zero-order chi connectivity index (χ0) is 19.9. The molecule has 1 aromatic carbocycles. The molecule has 2 N–H and O–H groups in total. The predicted octanol–water partition coefficient (Wildman–Crippen LogP) is 2.42. The Hall–Kier alpha value is -1.60. The number of rotatable bonds is 9. The lowest BCUT2D eigenvalue weighted by molar-refractivity contribution is -0.123. The molecule has 6 nitrogen and oxygen atoms in total. The summed E-state index contributed by atoms with van der Waals surface area (Å²) in [6.07, 6.45) is 1.98. The van der Waals surface area contributed by atoms with E-state index in [9.17, 15) is 18.0 Å². The Bertz CT molecular complexity index is 736. The van der Waals surface area contributed by atoms with Crippen LogP contribution in [0.3, 0.4) is 0 Å². The van der Waals surface area contributed by atoms with E-state index in [2.05, 4.69) is 10.6 Å². The zero-order valence-electron chi connectivity index (χ0n) is 15.6. The summed E-state index contributed by atoms with van der Waals surface area (Å²) in [6.45, 7) is 5.92. The van der Waals surface area contributed by atoms with Crippen molar-refractivity contribution in [3.63, 3.8) is 0 Å². The van der Waals surface area contributed by atoms with Crippen LogP contribution < -0.4 is 10.6 Å². The molecule has 0 radical (unpaired) electrons. The van der Waals surface area contributed by atoms with E-state index in [0.29, 0.717) is 0 Å². The lowest BCUT2D eigenvalue weighted by Crippen LogP contribution is -2.50. The Morgan fingerprint density at radius 3 is 2.31 bits per heavy atom. The van der Waals surface area contributed by atoms with Gasteiger partial charge in [-0.25, -0.2) is 8.42 Å². The summed E-state index contributed by atoms with van der Waals surface area (Å²) >= 11 is 6.02. The first-order valence-electron chi connectivity index (χ1n) is 8.58. The minimum absolute atomic E-state index is 0.00587. The number of carbonyl (C=O) groups excluding carboxylic acids is 2. The fourth-order valence-electron chi connectivity index (χ4n) is 2.30. The maximum absolute atomic E-state index is 12.6. The third-order valence-corrected chi connectivity index (χ3v) is 5.69. The molecule has 0 spiro atoms.